The third-order valence-electron chi connectivity index (χ3n) is 2.12. The lowest BCUT2D eigenvalue weighted by Gasteiger charge is -2.25. The maximum Gasteiger partial charge on any atom is 0.311 e. The summed E-state index contributed by atoms with van der Waals surface area (Å²) in [6, 6.07) is 0. The van der Waals surface area contributed by atoms with Crippen LogP contribution >= 0.6 is 0 Å². The summed E-state index contributed by atoms with van der Waals surface area (Å²) in [7, 11) is 0. The molecule has 1 rings (SSSR count). The smallest absolute Gasteiger partial charge is 0.311 e. The van der Waals surface area contributed by atoms with Crippen molar-refractivity contribution in [1.29, 1.82) is 0 Å². The van der Waals surface area contributed by atoms with Gasteiger partial charge in [0.15, 0.2) is 0 Å². The van der Waals surface area contributed by atoms with E-state index < -0.39 is 0 Å². The summed E-state index contributed by atoms with van der Waals surface area (Å²) in [6.45, 7) is 7.90. The number of carbonyl (C=O) groups is 1. The third kappa shape index (κ3) is 2.07. The molecular weight excluding hydrogens is 140 g/mol. The van der Waals surface area contributed by atoms with E-state index in [1.54, 1.807) is 0 Å². The number of esters is 1. The first-order valence-corrected chi connectivity index (χ1v) is 3.98. The van der Waals surface area contributed by atoms with Gasteiger partial charge in [-0.3, -0.25) is 4.79 Å². The van der Waals surface area contributed by atoms with Gasteiger partial charge in [-0.15, -0.1) is 0 Å². The topological polar surface area (TPSA) is 26.3 Å². The summed E-state index contributed by atoms with van der Waals surface area (Å²) < 4.78 is 4.83. The van der Waals surface area contributed by atoms with E-state index in [0.717, 1.165) is 6.42 Å². The molecule has 0 aromatic rings. The first kappa shape index (κ1) is 8.31. The molecule has 1 atom stereocenters. The van der Waals surface area contributed by atoms with Crippen LogP contribution in [0.5, 0.6) is 0 Å². The molecule has 1 aliphatic rings. The molecule has 0 bridgehead atoms. The summed E-state index contributed by atoms with van der Waals surface area (Å²) in [5.74, 6) is 1.48. The lowest BCUT2D eigenvalue weighted by Crippen LogP contribution is -2.22. The molecule has 1 saturated heterocycles. The summed E-state index contributed by atoms with van der Waals surface area (Å²) in [5, 5.41) is 0. The van der Waals surface area contributed by atoms with Gasteiger partial charge in [0.2, 0.25) is 0 Å². The molecule has 0 aromatic carbocycles. The fourth-order valence-electron chi connectivity index (χ4n) is 1.29. The van der Waals surface area contributed by atoms with Crippen molar-refractivity contribution in [2.75, 3.05) is 0 Å². The van der Waals surface area contributed by atoms with Crippen LogP contribution in [0.3, 0.4) is 0 Å². The highest BCUT2D eigenvalue weighted by Gasteiger charge is 2.25. The van der Waals surface area contributed by atoms with Crippen molar-refractivity contribution in [3.63, 3.8) is 0 Å². The average molecular weight is 154 g/mol. The molecule has 2 heteroatoms. The summed E-state index contributed by atoms with van der Waals surface area (Å²) in [4.78, 5) is 10.9. The molecule has 0 aromatic heterocycles. The van der Waals surface area contributed by atoms with E-state index in [9.17, 15) is 4.79 Å². The second kappa shape index (κ2) is 3.07. The van der Waals surface area contributed by atoms with Crippen molar-refractivity contribution in [2.24, 2.45) is 11.8 Å². The Balaban J connectivity index is 2.56. The highest BCUT2D eigenvalue weighted by atomic mass is 16.5. The van der Waals surface area contributed by atoms with Crippen molar-refractivity contribution in [3.8, 4) is 0 Å². The number of ether oxygens (including phenoxy) is 1. The zero-order valence-electron chi connectivity index (χ0n) is 7.09. The maximum atomic E-state index is 10.9. The molecule has 1 heterocycles. The van der Waals surface area contributed by atoms with E-state index in [1.165, 1.54) is 0 Å². The molecule has 1 unspecified atom stereocenters. The Bertz CT molecular complexity index is 166. The molecule has 11 heavy (non-hydrogen) atoms. The van der Waals surface area contributed by atoms with Crippen LogP contribution in [0.4, 0.5) is 0 Å². The lowest BCUT2D eigenvalue weighted by atomic mass is 9.87. The van der Waals surface area contributed by atoms with Crippen LogP contribution in [-0.2, 0) is 9.53 Å². The Kier molecular flexibility index (Phi) is 2.32. The maximum absolute atomic E-state index is 10.9. The van der Waals surface area contributed by atoms with Crippen LogP contribution < -0.4 is 0 Å². The minimum Gasteiger partial charge on any atom is -0.432 e. The molecule has 0 saturated carbocycles. The number of hydrogen-bond acceptors (Lipinski definition) is 2. The minimum absolute atomic E-state index is 0.125. The number of rotatable bonds is 1. The van der Waals surface area contributed by atoms with Crippen molar-refractivity contribution in [3.05, 3.63) is 12.3 Å². The number of carbonyl (C=O) groups excluding carboxylic acids is 1. The second-order valence-electron chi connectivity index (χ2n) is 3.43. The Morgan fingerprint density at radius 3 is 2.64 bits per heavy atom. The Hall–Kier alpha value is -0.790. The monoisotopic (exact) mass is 154 g/mol. The van der Waals surface area contributed by atoms with Gasteiger partial charge in [-0.1, -0.05) is 20.4 Å². The molecule has 1 fully saturated rings. The average Bonchev–Trinajstić information content (AvgIpc) is 1.85. The largest absolute Gasteiger partial charge is 0.432 e. The zero-order chi connectivity index (χ0) is 8.43. The van der Waals surface area contributed by atoms with Crippen LogP contribution in [0.1, 0.15) is 26.7 Å². The van der Waals surface area contributed by atoms with Gasteiger partial charge in [-0.2, -0.15) is 0 Å². The summed E-state index contributed by atoms with van der Waals surface area (Å²) in [6.07, 6.45) is 1.39. The first-order valence-electron chi connectivity index (χ1n) is 3.98. The molecule has 0 amide bonds. The van der Waals surface area contributed by atoms with E-state index in [-0.39, 0.29) is 5.97 Å². The standard InChI is InChI=1S/C9H14O2/c1-6(2)8-4-7(3)11-9(10)5-8/h6,8H,3-5H2,1-2H3. The number of allylic oxidation sites excluding steroid dienone is 1. The van der Waals surface area contributed by atoms with Crippen molar-refractivity contribution in [2.45, 2.75) is 26.7 Å². The predicted molar refractivity (Wildman–Crippen MR) is 42.8 cm³/mol. The van der Waals surface area contributed by atoms with Gasteiger partial charge in [0, 0.05) is 12.8 Å². The van der Waals surface area contributed by atoms with Crippen LogP contribution in [0.2, 0.25) is 0 Å². The normalized spacial score (nSPS) is 25.5. The zero-order valence-corrected chi connectivity index (χ0v) is 7.09. The third-order valence-corrected chi connectivity index (χ3v) is 2.12. The fourth-order valence-corrected chi connectivity index (χ4v) is 1.29. The van der Waals surface area contributed by atoms with Crippen molar-refractivity contribution in [1.82, 2.24) is 0 Å². The van der Waals surface area contributed by atoms with Gasteiger partial charge in [-0.05, 0) is 11.8 Å². The Morgan fingerprint density at radius 2 is 2.18 bits per heavy atom. The molecule has 2 nitrogen and oxygen atoms in total. The summed E-state index contributed by atoms with van der Waals surface area (Å²) in [5.41, 5.74) is 0. The Labute approximate surface area is 67.2 Å². The molecule has 0 aliphatic carbocycles. The van der Waals surface area contributed by atoms with Crippen LogP contribution in [-0.4, -0.2) is 5.97 Å². The lowest BCUT2D eigenvalue weighted by molar-refractivity contribution is -0.144. The first-order chi connectivity index (χ1) is 5.09. The van der Waals surface area contributed by atoms with Gasteiger partial charge >= 0.3 is 5.97 Å². The molecule has 0 spiro atoms. The highest BCUT2D eigenvalue weighted by Crippen LogP contribution is 2.28. The molecule has 0 N–H and O–H groups in total. The summed E-state index contributed by atoms with van der Waals surface area (Å²) >= 11 is 0. The predicted octanol–water partition coefficient (Wildman–Crippen LogP) is 2.11. The van der Waals surface area contributed by atoms with E-state index in [0.29, 0.717) is 24.0 Å². The van der Waals surface area contributed by atoms with E-state index >= 15 is 0 Å². The van der Waals surface area contributed by atoms with E-state index in [1.807, 2.05) is 0 Å². The van der Waals surface area contributed by atoms with Crippen LogP contribution in [0.15, 0.2) is 12.3 Å². The van der Waals surface area contributed by atoms with Gasteiger partial charge in [0.1, 0.15) is 5.76 Å². The number of hydrogen-bond donors (Lipinski definition) is 0. The van der Waals surface area contributed by atoms with Crippen molar-refractivity contribution < 1.29 is 9.53 Å². The quantitative estimate of drug-likeness (QED) is 0.541. The van der Waals surface area contributed by atoms with E-state index in [4.69, 9.17) is 4.74 Å². The van der Waals surface area contributed by atoms with Crippen LogP contribution in [0, 0.1) is 11.8 Å². The van der Waals surface area contributed by atoms with Gasteiger partial charge in [0.05, 0.1) is 0 Å². The second-order valence-corrected chi connectivity index (χ2v) is 3.43. The number of cyclic esters (lactones) is 1. The fraction of sp³-hybridized carbons (Fsp3) is 0.667. The van der Waals surface area contributed by atoms with Gasteiger partial charge in [-0.25, -0.2) is 0 Å². The van der Waals surface area contributed by atoms with Gasteiger partial charge < -0.3 is 4.74 Å². The highest BCUT2D eigenvalue weighted by molar-refractivity contribution is 5.71. The Morgan fingerprint density at radius 1 is 1.55 bits per heavy atom. The molecular formula is C9H14O2. The van der Waals surface area contributed by atoms with Crippen molar-refractivity contribution >= 4 is 5.97 Å². The SMILES string of the molecule is C=C1CC(C(C)C)CC(=O)O1. The van der Waals surface area contributed by atoms with Crippen LogP contribution in [0.25, 0.3) is 0 Å². The van der Waals surface area contributed by atoms with E-state index in [2.05, 4.69) is 20.4 Å². The van der Waals surface area contributed by atoms with Gasteiger partial charge in [0.25, 0.3) is 0 Å². The molecule has 62 valence electrons. The molecule has 0 radical (unpaired) electrons. The minimum atomic E-state index is -0.125. The molecule has 1 aliphatic heterocycles.